The van der Waals surface area contributed by atoms with Crippen LogP contribution < -0.4 is 9.64 Å². The summed E-state index contributed by atoms with van der Waals surface area (Å²) in [6.07, 6.45) is 0.663. The van der Waals surface area contributed by atoms with Gasteiger partial charge >= 0.3 is 5.91 Å². The van der Waals surface area contributed by atoms with E-state index < -0.39 is 23.5 Å². The Morgan fingerprint density at radius 3 is 2.75 bits per heavy atom. The minimum Gasteiger partial charge on any atom is -0.507 e. The fourth-order valence-corrected chi connectivity index (χ4v) is 5.96. The van der Waals surface area contributed by atoms with Gasteiger partial charge in [0.15, 0.2) is 5.13 Å². The fourth-order valence-electron chi connectivity index (χ4n) is 4.87. The van der Waals surface area contributed by atoms with E-state index in [1.165, 1.54) is 34.4 Å². The van der Waals surface area contributed by atoms with Crippen molar-refractivity contribution in [1.82, 2.24) is 4.98 Å². The third kappa shape index (κ3) is 3.48. The van der Waals surface area contributed by atoms with Crippen molar-refractivity contribution in [3.8, 4) is 5.75 Å². The highest BCUT2D eigenvalue weighted by Gasteiger charge is 2.49. The highest BCUT2D eigenvalue weighted by Crippen LogP contribution is 2.45. The van der Waals surface area contributed by atoms with Gasteiger partial charge in [0, 0.05) is 17.5 Å². The van der Waals surface area contributed by atoms with Crippen LogP contribution in [-0.4, -0.2) is 27.9 Å². The van der Waals surface area contributed by atoms with Crippen molar-refractivity contribution in [3.63, 3.8) is 0 Å². The molecule has 2 aliphatic heterocycles. The van der Waals surface area contributed by atoms with Crippen molar-refractivity contribution in [2.24, 2.45) is 0 Å². The number of aliphatic hydroxyl groups excluding tert-OH is 1. The van der Waals surface area contributed by atoms with Gasteiger partial charge in [0.2, 0.25) is 0 Å². The van der Waals surface area contributed by atoms with E-state index in [0.717, 1.165) is 21.6 Å². The largest absolute Gasteiger partial charge is 0.507 e. The molecule has 1 aromatic heterocycles. The molecule has 2 aliphatic rings. The topological polar surface area (TPSA) is 79.7 Å². The molecular formula is C28H21FN2O4S. The Morgan fingerprint density at radius 2 is 1.94 bits per heavy atom. The predicted molar refractivity (Wildman–Crippen MR) is 136 cm³/mol. The maximum Gasteiger partial charge on any atom is 0.301 e. The number of carbonyl (C=O) groups excluding carboxylic acids is 2. The molecule has 6 rings (SSSR count). The minimum atomic E-state index is -1.17. The second kappa shape index (κ2) is 8.27. The summed E-state index contributed by atoms with van der Waals surface area (Å²) in [6, 6.07) is 15.6. The van der Waals surface area contributed by atoms with E-state index in [1.54, 1.807) is 24.3 Å². The molecule has 180 valence electrons. The van der Waals surface area contributed by atoms with Gasteiger partial charge in [-0.3, -0.25) is 14.5 Å². The summed E-state index contributed by atoms with van der Waals surface area (Å²) in [5.74, 6) is -1.98. The van der Waals surface area contributed by atoms with Gasteiger partial charge in [-0.2, -0.15) is 0 Å². The van der Waals surface area contributed by atoms with Gasteiger partial charge in [-0.1, -0.05) is 35.6 Å². The number of anilines is 1. The zero-order valence-corrected chi connectivity index (χ0v) is 20.3. The molecule has 0 saturated carbocycles. The number of amides is 1. The zero-order chi connectivity index (χ0) is 25.1. The quantitative estimate of drug-likeness (QED) is 0.222. The second-order valence-corrected chi connectivity index (χ2v) is 10.1. The van der Waals surface area contributed by atoms with E-state index >= 15 is 4.39 Å². The van der Waals surface area contributed by atoms with Gasteiger partial charge in [-0.25, -0.2) is 9.37 Å². The molecule has 8 heteroatoms. The van der Waals surface area contributed by atoms with Crippen LogP contribution in [0, 0.1) is 12.7 Å². The lowest BCUT2D eigenvalue weighted by molar-refractivity contribution is -0.132. The van der Waals surface area contributed by atoms with Crippen molar-refractivity contribution >= 4 is 44.1 Å². The van der Waals surface area contributed by atoms with Gasteiger partial charge in [0.05, 0.1) is 15.8 Å². The van der Waals surface area contributed by atoms with Crippen LogP contribution >= 0.6 is 11.3 Å². The molecule has 1 fully saturated rings. The van der Waals surface area contributed by atoms with Gasteiger partial charge in [-0.05, 0) is 61.4 Å². The summed E-state index contributed by atoms with van der Waals surface area (Å²) in [7, 11) is 0. The number of rotatable bonds is 3. The highest BCUT2D eigenvalue weighted by atomic mass is 32.1. The third-order valence-corrected chi connectivity index (χ3v) is 7.57. The summed E-state index contributed by atoms with van der Waals surface area (Å²) in [5, 5.41) is 11.6. The summed E-state index contributed by atoms with van der Waals surface area (Å²) in [5.41, 5.74) is 2.89. The Bertz CT molecular complexity index is 1610. The maximum absolute atomic E-state index is 15.1. The molecule has 2 atom stereocenters. The van der Waals surface area contributed by atoms with Crippen LogP contribution in [-0.2, 0) is 16.0 Å². The number of aryl methyl sites for hydroxylation is 1. The Balaban J connectivity index is 1.55. The zero-order valence-electron chi connectivity index (χ0n) is 19.5. The van der Waals surface area contributed by atoms with Crippen LogP contribution in [0.2, 0.25) is 0 Å². The van der Waals surface area contributed by atoms with E-state index in [1.807, 2.05) is 32.0 Å². The van der Waals surface area contributed by atoms with E-state index in [-0.39, 0.29) is 28.1 Å². The molecule has 0 bridgehead atoms. The Hall–Kier alpha value is -4.04. The molecule has 3 heterocycles. The maximum atomic E-state index is 15.1. The van der Waals surface area contributed by atoms with Crippen molar-refractivity contribution in [2.75, 3.05) is 4.90 Å². The van der Waals surface area contributed by atoms with E-state index in [4.69, 9.17) is 4.74 Å². The van der Waals surface area contributed by atoms with Crippen molar-refractivity contribution in [3.05, 3.63) is 94.3 Å². The van der Waals surface area contributed by atoms with Gasteiger partial charge < -0.3 is 9.84 Å². The number of fused-ring (bicyclic) bond motifs is 2. The molecule has 6 nitrogen and oxygen atoms in total. The third-order valence-electron chi connectivity index (χ3n) is 6.55. The van der Waals surface area contributed by atoms with Crippen LogP contribution in [0.15, 0.2) is 66.2 Å². The summed E-state index contributed by atoms with van der Waals surface area (Å²) >= 11 is 1.24. The molecule has 3 aromatic carbocycles. The lowest BCUT2D eigenvalue weighted by Gasteiger charge is -2.23. The predicted octanol–water partition coefficient (Wildman–Crippen LogP) is 5.69. The van der Waals surface area contributed by atoms with Gasteiger partial charge in [0.1, 0.15) is 29.5 Å². The van der Waals surface area contributed by atoms with Crippen LogP contribution in [0.3, 0.4) is 0 Å². The van der Waals surface area contributed by atoms with Crippen LogP contribution in [0.5, 0.6) is 5.75 Å². The number of benzene rings is 3. The van der Waals surface area contributed by atoms with Crippen molar-refractivity contribution < 1.29 is 23.8 Å². The first-order valence-electron chi connectivity index (χ1n) is 11.5. The van der Waals surface area contributed by atoms with Crippen LogP contribution in [0.4, 0.5) is 9.52 Å². The number of hydrogen-bond acceptors (Lipinski definition) is 6. The number of Topliss-reactive ketones (excluding diaryl/α,β-unsaturated/α-hetero) is 1. The summed E-state index contributed by atoms with van der Waals surface area (Å²) in [6.45, 7) is 3.90. The Kier molecular flexibility index (Phi) is 5.15. The highest BCUT2D eigenvalue weighted by molar-refractivity contribution is 7.22. The second-order valence-electron chi connectivity index (χ2n) is 9.11. The lowest BCUT2D eigenvalue weighted by Crippen LogP contribution is -2.29. The first kappa shape index (κ1) is 22.4. The molecule has 36 heavy (non-hydrogen) atoms. The van der Waals surface area contributed by atoms with E-state index in [2.05, 4.69) is 4.98 Å². The molecule has 1 N–H and O–H groups in total. The monoisotopic (exact) mass is 500 g/mol. The summed E-state index contributed by atoms with van der Waals surface area (Å²) < 4.78 is 21.7. The number of nitrogens with zero attached hydrogens (tertiary/aromatic N) is 2. The van der Waals surface area contributed by atoms with E-state index in [9.17, 15) is 14.7 Å². The van der Waals surface area contributed by atoms with Crippen LogP contribution in [0.1, 0.15) is 35.2 Å². The number of thiazole rings is 1. The first-order valence-corrected chi connectivity index (χ1v) is 12.4. The Morgan fingerprint density at radius 1 is 1.14 bits per heavy atom. The lowest BCUT2D eigenvalue weighted by atomic mass is 9.94. The van der Waals surface area contributed by atoms with Crippen molar-refractivity contribution in [1.29, 1.82) is 0 Å². The fraction of sp³-hybridized carbons (Fsp3) is 0.179. The smallest absolute Gasteiger partial charge is 0.301 e. The normalized spacial score (nSPS) is 20.7. The number of halogens is 1. The molecule has 0 unspecified atom stereocenters. The minimum absolute atomic E-state index is 0.00376. The number of carbonyl (C=O) groups is 2. The number of hydrogen-bond donors (Lipinski definition) is 1. The average Bonchev–Trinajstić information content (AvgIpc) is 3.51. The van der Waals surface area contributed by atoms with Gasteiger partial charge in [-0.15, -0.1) is 0 Å². The number of ketones is 1. The average molecular weight is 501 g/mol. The molecule has 1 saturated heterocycles. The first-order chi connectivity index (χ1) is 17.3. The molecule has 0 radical (unpaired) electrons. The molecule has 0 spiro atoms. The van der Waals surface area contributed by atoms with Crippen molar-refractivity contribution in [2.45, 2.75) is 32.4 Å². The Labute approximate surface area is 210 Å². The molecule has 1 amide bonds. The SMILES string of the molecule is Cc1ccc2nc(N3C(=O)C(=O)C(=C(O)c4ccc5c(c4)C[C@H](C)O5)[C@@H]3c3ccccc3F)sc2c1. The molecular weight excluding hydrogens is 479 g/mol. The number of aliphatic hydroxyl groups is 1. The van der Waals surface area contributed by atoms with E-state index in [0.29, 0.717) is 17.5 Å². The standard InChI is InChI=1S/C28H21FN2O4S/c1-14-7-9-20-22(11-14)36-28(30-20)31-24(18-5-3-4-6-19(18)29)23(26(33)27(31)34)25(32)16-8-10-21-17(13-16)12-15(2)35-21/h3-11,13,15,24,32H,12H2,1-2H3/t15-,24-/m0/s1. The molecule has 4 aromatic rings. The number of ether oxygens (including phenoxy) is 1. The summed E-state index contributed by atoms with van der Waals surface area (Å²) in [4.78, 5) is 32.5. The number of aromatic nitrogens is 1. The molecule has 0 aliphatic carbocycles. The van der Waals surface area contributed by atoms with Crippen LogP contribution in [0.25, 0.3) is 16.0 Å². The van der Waals surface area contributed by atoms with Gasteiger partial charge in [0.25, 0.3) is 5.78 Å².